The van der Waals surface area contributed by atoms with Crippen LogP contribution in [0.3, 0.4) is 0 Å². The van der Waals surface area contributed by atoms with Gasteiger partial charge in [0.25, 0.3) is 0 Å². The minimum Gasteiger partial charge on any atom is -0.497 e. The van der Waals surface area contributed by atoms with Crippen molar-refractivity contribution < 1.29 is 14.3 Å². The van der Waals surface area contributed by atoms with Gasteiger partial charge in [-0.05, 0) is 42.1 Å². The minimum atomic E-state index is 0.0140. The van der Waals surface area contributed by atoms with Crippen LogP contribution in [-0.4, -0.2) is 26.2 Å². The van der Waals surface area contributed by atoms with Gasteiger partial charge in [-0.25, -0.2) is 0 Å². The zero-order chi connectivity index (χ0) is 14.9. The number of carbonyl (C=O) groups excluding carboxylic acids is 1. The number of amides is 1. The molecular weight excluding hydrogens is 286 g/mol. The Bertz CT molecular complexity index is 537. The highest BCUT2D eigenvalue weighted by Crippen LogP contribution is 2.17. The van der Waals surface area contributed by atoms with Gasteiger partial charge >= 0.3 is 0 Å². The van der Waals surface area contributed by atoms with Gasteiger partial charge in [0.05, 0.1) is 20.1 Å². The first kappa shape index (κ1) is 15.4. The van der Waals surface area contributed by atoms with Crippen LogP contribution in [-0.2, 0) is 11.2 Å². The van der Waals surface area contributed by atoms with Gasteiger partial charge in [0.1, 0.15) is 11.5 Å². The molecule has 1 amide bonds. The average molecular weight is 305 g/mol. The predicted molar refractivity (Wildman–Crippen MR) is 84.1 cm³/mol. The van der Waals surface area contributed by atoms with Crippen LogP contribution in [0.1, 0.15) is 11.3 Å². The monoisotopic (exact) mass is 305 g/mol. The highest BCUT2D eigenvalue weighted by atomic mass is 32.1. The summed E-state index contributed by atoms with van der Waals surface area (Å²) in [5.74, 6) is 1.54. The van der Waals surface area contributed by atoms with Crippen molar-refractivity contribution in [1.29, 1.82) is 0 Å². The van der Waals surface area contributed by atoms with Crippen molar-refractivity contribution in [2.75, 3.05) is 20.3 Å². The summed E-state index contributed by atoms with van der Waals surface area (Å²) in [4.78, 5) is 12.9. The Balaban J connectivity index is 1.60. The number of rotatable bonds is 8. The maximum atomic E-state index is 11.7. The van der Waals surface area contributed by atoms with Crippen LogP contribution in [0, 0.1) is 0 Å². The van der Waals surface area contributed by atoms with Crippen LogP contribution in [0.4, 0.5) is 0 Å². The molecule has 0 aliphatic carbocycles. The predicted octanol–water partition coefficient (Wildman–Crippen LogP) is 2.88. The highest BCUT2D eigenvalue weighted by Gasteiger charge is 2.02. The standard InChI is InChI=1S/C16H19NO3S/c1-19-13-4-6-14(7-5-13)20-11-9-16(18)17-10-8-15-3-2-12-21-15/h2-7,12H,8-11H2,1H3,(H,17,18). The van der Waals surface area contributed by atoms with Crippen molar-refractivity contribution in [2.45, 2.75) is 12.8 Å². The maximum Gasteiger partial charge on any atom is 0.223 e. The van der Waals surface area contributed by atoms with Gasteiger partial charge in [-0.1, -0.05) is 6.07 Å². The van der Waals surface area contributed by atoms with Gasteiger partial charge in [0.15, 0.2) is 0 Å². The number of methoxy groups -OCH3 is 1. The molecule has 0 atom stereocenters. The van der Waals surface area contributed by atoms with E-state index in [9.17, 15) is 4.79 Å². The molecule has 1 aromatic carbocycles. The first-order valence-corrected chi connectivity index (χ1v) is 7.72. The van der Waals surface area contributed by atoms with Gasteiger partial charge in [0.2, 0.25) is 5.91 Å². The molecular formula is C16H19NO3S. The summed E-state index contributed by atoms with van der Waals surface area (Å²) in [6, 6.07) is 11.4. The normalized spacial score (nSPS) is 10.1. The molecule has 0 saturated carbocycles. The summed E-state index contributed by atoms with van der Waals surface area (Å²) in [5.41, 5.74) is 0. The summed E-state index contributed by atoms with van der Waals surface area (Å²) in [5, 5.41) is 4.93. The topological polar surface area (TPSA) is 47.6 Å². The van der Waals surface area contributed by atoms with E-state index in [0.29, 0.717) is 19.6 Å². The summed E-state index contributed by atoms with van der Waals surface area (Å²) in [6.45, 7) is 1.04. The van der Waals surface area contributed by atoms with E-state index >= 15 is 0 Å². The molecule has 0 aliphatic rings. The van der Waals surface area contributed by atoms with E-state index in [1.807, 2.05) is 35.7 Å². The van der Waals surface area contributed by atoms with Crippen molar-refractivity contribution in [3.8, 4) is 11.5 Å². The minimum absolute atomic E-state index is 0.0140. The zero-order valence-corrected chi connectivity index (χ0v) is 12.8. The Hall–Kier alpha value is -2.01. The van der Waals surface area contributed by atoms with E-state index in [-0.39, 0.29) is 5.91 Å². The molecule has 1 aromatic heterocycles. The van der Waals surface area contributed by atoms with E-state index in [1.54, 1.807) is 18.4 Å². The SMILES string of the molecule is COc1ccc(OCCC(=O)NCCc2cccs2)cc1. The van der Waals surface area contributed by atoms with Crippen LogP contribution in [0.2, 0.25) is 0 Å². The molecule has 0 unspecified atom stereocenters. The quantitative estimate of drug-likeness (QED) is 0.816. The van der Waals surface area contributed by atoms with Gasteiger partial charge in [-0.15, -0.1) is 11.3 Å². The molecule has 5 heteroatoms. The molecule has 0 bridgehead atoms. The fourth-order valence-corrected chi connectivity index (χ4v) is 2.51. The highest BCUT2D eigenvalue weighted by molar-refractivity contribution is 7.09. The molecule has 2 rings (SSSR count). The fraction of sp³-hybridized carbons (Fsp3) is 0.312. The van der Waals surface area contributed by atoms with Gasteiger partial charge in [-0.2, -0.15) is 0 Å². The van der Waals surface area contributed by atoms with Crippen molar-refractivity contribution >= 4 is 17.2 Å². The van der Waals surface area contributed by atoms with E-state index < -0.39 is 0 Å². The van der Waals surface area contributed by atoms with Crippen molar-refractivity contribution in [2.24, 2.45) is 0 Å². The molecule has 0 aliphatic heterocycles. The number of nitrogens with one attached hydrogen (secondary N) is 1. The Morgan fingerprint density at radius 3 is 2.62 bits per heavy atom. The Kier molecular flexibility index (Phi) is 6.09. The van der Waals surface area contributed by atoms with Gasteiger partial charge in [0, 0.05) is 11.4 Å². The largest absolute Gasteiger partial charge is 0.497 e. The molecule has 0 fully saturated rings. The van der Waals surface area contributed by atoms with Crippen LogP contribution >= 0.6 is 11.3 Å². The zero-order valence-electron chi connectivity index (χ0n) is 12.0. The lowest BCUT2D eigenvalue weighted by Crippen LogP contribution is -2.26. The van der Waals surface area contributed by atoms with Crippen LogP contribution < -0.4 is 14.8 Å². The Morgan fingerprint density at radius 2 is 1.95 bits per heavy atom. The lowest BCUT2D eigenvalue weighted by Gasteiger charge is -2.07. The van der Waals surface area contributed by atoms with Crippen molar-refractivity contribution in [3.05, 3.63) is 46.7 Å². The number of thiophene rings is 1. The molecule has 2 aromatic rings. The molecule has 21 heavy (non-hydrogen) atoms. The van der Waals surface area contributed by atoms with Gasteiger partial charge < -0.3 is 14.8 Å². The third-order valence-electron chi connectivity index (χ3n) is 2.93. The fourth-order valence-electron chi connectivity index (χ4n) is 1.80. The molecule has 0 saturated heterocycles. The smallest absolute Gasteiger partial charge is 0.223 e. The average Bonchev–Trinajstić information content (AvgIpc) is 3.01. The summed E-state index contributed by atoms with van der Waals surface area (Å²) < 4.78 is 10.6. The Labute approximate surface area is 128 Å². The number of hydrogen-bond donors (Lipinski definition) is 1. The van der Waals surface area contributed by atoms with E-state index in [2.05, 4.69) is 11.4 Å². The van der Waals surface area contributed by atoms with Crippen molar-refractivity contribution in [3.63, 3.8) is 0 Å². The van der Waals surface area contributed by atoms with Crippen LogP contribution in [0.5, 0.6) is 11.5 Å². The van der Waals surface area contributed by atoms with E-state index in [1.165, 1.54) is 4.88 Å². The first-order valence-electron chi connectivity index (χ1n) is 6.84. The summed E-state index contributed by atoms with van der Waals surface area (Å²) in [6.07, 6.45) is 1.24. The molecule has 1 N–H and O–H groups in total. The number of benzene rings is 1. The first-order chi connectivity index (χ1) is 10.3. The Morgan fingerprint density at radius 1 is 1.19 bits per heavy atom. The molecule has 1 heterocycles. The van der Waals surface area contributed by atoms with E-state index in [0.717, 1.165) is 17.9 Å². The van der Waals surface area contributed by atoms with Gasteiger partial charge in [-0.3, -0.25) is 4.79 Å². The number of carbonyl (C=O) groups is 1. The van der Waals surface area contributed by atoms with Crippen LogP contribution in [0.15, 0.2) is 41.8 Å². The second kappa shape index (κ2) is 8.32. The molecule has 112 valence electrons. The van der Waals surface area contributed by atoms with E-state index in [4.69, 9.17) is 9.47 Å². The summed E-state index contributed by atoms with van der Waals surface area (Å²) >= 11 is 1.71. The lowest BCUT2D eigenvalue weighted by atomic mass is 10.3. The molecule has 0 radical (unpaired) electrons. The second-order valence-corrected chi connectivity index (χ2v) is 5.49. The molecule has 4 nitrogen and oxygen atoms in total. The maximum absolute atomic E-state index is 11.7. The number of hydrogen-bond acceptors (Lipinski definition) is 4. The number of ether oxygens (including phenoxy) is 2. The third-order valence-corrected chi connectivity index (χ3v) is 3.87. The lowest BCUT2D eigenvalue weighted by molar-refractivity contribution is -0.121. The van der Waals surface area contributed by atoms with Crippen molar-refractivity contribution in [1.82, 2.24) is 5.32 Å². The summed E-state index contributed by atoms with van der Waals surface area (Å²) in [7, 11) is 1.62. The van der Waals surface area contributed by atoms with Crippen LogP contribution in [0.25, 0.3) is 0 Å². The second-order valence-electron chi connectivity index (χ2n) is 4.45. The third kappa shape index (κ3) is 5.47. The molecule has 0 spiro atoms.